The van der Waals surface area contributed by atoms with E-state index in [-0.39, 0.29) is 0 Å². The first-order valence-electron chi connectivity index (χ1n) is 6.78. The minimum Gasteiger partial charge on any atom is -0.394 e. The molecule has 0 radical (unpaired) electrons. The maximum absolute atomic E-state index is 12.9. The third-order valence-electron chi connectivity index (χ3n) is 3.29. The van der Waals surface area contributed by atoms with E-state index in [0.717, 1.165) is 0 Å². The number of hydrogen-bond acceptors (Lipinski definition) is 8. The van der Waals surface area contributed by atoms with Crippen molar-refractivity contribution < 1.29 is 33.6 Å². The van der Waals surface area contributed by atoms with E-state index in [1.807, 2.05) is 0 Å². The number of H-pyrrole nitrogens is 1. The molecule has 0 aromatic carbocycles. The van der Waals surface area contributed by atoms with Gasteiger partial charge in [-0.1, -0.05) is 0 Å². The fourth-order valence-corrected chi connectivity index (χ4v) is 2.04. The lowest BCUT2D eigenvalue weighted by atomic mass is 10.1. The predicted molar refractivity (Wildman–Crippen MR) is 73.6 cm³/mol. The molecule has 2 rings (SSSR count). The molecule has 0 aromatic heterocycles. The van der Waals surface area contributed by atoms with E-state index >= 15 is 0 Å². The maximum atomic E-state index is 12.9. The number of aliphatic hydroxyl groups is 4. The van der Waals surface area contributed by atoms with Crippen molar-refractivity contribution in [3.05, 3.63) is 32.7 Å². The van der Waals surface area contributed by atoms with E-state index in [1.165, 1.54) is 0 Å². The van der Waals surface area contributed by atoms with Gasteiger partial charge in [0.25, 0.3) is 5.56 Å². The van der Waals surface area contributed by atoms with Crippen molar-refractivity contribution in [2.45, 2.75) is 31.0 Å². The number of nitrogens with zero attached hydrogens (tertiary/aromatic N) is 3. The van der Waals surface area contributed by atoms with Gasteiger partial charge in [-0.05, 0) is 0 Å². The van der Waals surface area contributed by atoms with Crippen LogP contribution in [0.15, 0.2) is 15.8 Å². The van der Waals surface area contributed by atoms with Crippen molar-refractivity contribution in [1.82, 2.24) is 19.5 Å². The van der Waals surface area contributed by atoms with Crippen molar-refractivity contribution >= 4 is 0 Å². The Hall–Kier alpha value is -2.35. The van der Waals surface area contributed by atoms with Gasteiger partial charge in [0.1, 0.15) is 18.3 Å². The fourth-order valence-electron chi connectivity index (χ4n) is 2.04. The maximum Gasteiger partial charge on any atom is 0.434 e. The average molecular weight is 366 g/mol. The van der Waals surface area contributed by atoms with Crippen molar-refractivity contribution in [2.24, 2.45) is 0 Å². The third kappa shape index (κ3) is 4.01. The number of hydrogen-bond donors (Lipinski definition) is 5. The Kier molecular flexibility index (Phi) is 5.22. The molecule has 0 saturated carbocycles. The standard InChI is InChI=1S/C12H13F3N4O6/c13-12(14,15)6-2-19(1-4(21)8(23)5(22)3-20)9-7(16-6)10(24)18-11(25)17-9/h2,4-5,8,20-23H,1,3H2,(H,18,24,25)/t4-,5+,8-/m0/s1. The minimum absolute atomic E-state index is 0.398. The zero-order chi connectivity index (χ0) is 18.9. The molecular weight excluding hydrogens is 353 g/mol. The van der Waals surface area contributed by atoms with Crippen LogP contribution in [0.5, 0.6) is 0 Å². The highest BCUT2D eigenvalue weighted by atomic mass is 19.4. The molecule has 25 heavy (non-hydrogen) atoms. The third-order valence-corrected chi connectivity index (χ3v) is 3.29. The highest BCUT2D eigenvalue weighted by Crippen LogP contribution is 2.29. The van der Waals surface area contributed by atoms with Crippen LogP contribution < -0.4 is 11.2 Å². The van der Waals surface area contributed by atoms with Gasteiger partial charge in [-0.15, -0.1) is 0 Å². The first-order chi connectivity index (χ1) is 11.5. The summed E-state index contributed by atoms with van der Waals surface area (Å²) < 4.78 is 39.4. The quantitative estimate of drug-likeness (QED) is 0.389. The number of halogens is 3. The molecule has 10 nitrogen and oxygen atoms in total. The van der Waals surface area contributed by atoms with E-state index in [2.05, 4.69) is 9.97 Å². The second-order valence-electron chi connectivity index (χ2n) is 5.13. The highest BCUT2D eigenvalue weighted by molar-refractivity contribution is 5.49. The average Bonchev–Trinajstić information content (AvgIpc) is 2.52. The van der Waals surface area contributed by atoms with Gasteiger partial charge in [0.05, 0.1) is 13.2 Å². The van der Waals surface area contributed by atoms with E-state index < -0.39 is 66.1 Å². The monoisotopic (exact) mass is 366 g/mol. The number of aliphatic hydroxyl groups excluding tert-OH is 4. The largest absolute Gasteiger partial charge is 0.434 e. The predicted octanol–water partition coefficient (Wildman–Crippen LogP) is -2.47. The van der Waals surface area contributed by atoms with Gasteiger partial charge in [0.2, 0.25) is 0 Å². The SMILES string of the molecule is O=c1nc2n(C[C@H](O)[C@H](O)[C@H](O)CO)cc(C(F)(F)F)nc-2c(=O)[nH]1. The van der Waals surface area contributed by atoms with E-state index in [0.29, 0.717) is 10.8 Å². The Bertz CT molecular complexity index is 835. The molecule has 0 aromatic rings. The lowest BCUT2D eigenvalue weighted by molar-refractivity contribution is -0.141. The normalized spacial score (nSPS) is 16.0. The molecule has 0 amide bonds. The molecule has 2 aliphatic rings. The summed E-state index contributed by atoms with van der Waals surface area (Å²) in [5.41, 5.74) is -4.63. The molecule has 0 saturated heterocycles. The van der Waals surface area contributed by atoms with Crippen molar-refractivity contribution in [2.75, 3.05) is 6.61 Å². The summed E-state index contributed by atoms with van der Waals surface area (Å²) in [4.78, 5) is 31.1. The van der Waals surface area contributed by atoms with E-state index in [4.69, 9.17) is 5.11 Å². The van der Waals surface area contributed by atoms with Crippen LogP contribution in [0.4, 0.5) is 13.2 Å². The summed E-state index contributed by atoms with van der Waals surface area (Å²) >= 11 is 0. The molecule has 5 N–H and O–H groups in total. The summed E-state index contributed by atoms with van der Waals surface area (Å²) in [6.45, 7) is -1.67. The zero-order valence-corrected chi connectivity index (χ0v) is 12.3. The summed E-state index contributed by atoms with van der Waals surface area (Å²) in [5, 5.41) is 37.4. The van der Waals surface area contributed by atoms with E-state index in [9.17, 15) is 38.1 Å². The molecule has 0 spiro atoms. The van der Waals surface area contributed by atoms with Crippen LogP contribution in [0.3, 0.4) is 0 Å². The number of rotatable bonds is 5. The zero-order valence-electron chi connectivity index (χ0n) is 12.3. The Morgan fingerprint density at radius 1 is 1.16 bits per heavy atom. The van der Waals surface area contributed by atoms with Gasteiger partial charge >= 0.3 is 11.9 Å². The summed E-state index contributed by atoms with van der Waals surface area (Å²) in [7, 11) is 0. The second kappa shape index (κ2) is 6.87. The van der Waals surface area contributed by atoms with Gasteiger partial charge in [-0.25, -0.2) is 9.78 Å². The Morgan fingerprint density at radius 3 is 2.36 bits per heavy atom. The highest BCUT2D eigenvalue weighted by Gasteiger charge is 2.36. The fraction of sp³-hybridized carbons (Fsp3) is 0.500. The minimum atomic E-state index is -4.94. The van der Waals surface area contributed by atoms with Crippen LogP contribution in [0.2, 0.25) is 0 Å². The van der Waals surface area contributed by atoms with Crippen LogP contribution in [-0.2, 0) is 12.7 Å². The molecule has 0 aliphatic carbocycles. The number of fused-ring (bicyclic) bond motifs is 1. The lowest BCUT2D eigenvalue weighted by Crippen LogP contribution is -2.42. The summed E-state index contributed by atoms with van der Waals surface area (Å²) in [6.07, 6.45) is -10.0. The van der Waals surface area contributed by atoms with Gasteiger partial charge in [0, 0.05) is 6.20 Å². The molecule has 3 atom stereocenters. The van der Waals surface area contributed by atoms with Gasteiger partial charge in [-0.3, -0.25) is 9.78 Å². The number of aromatic amines is 1. The molecule has 2 aliphatic heterocycles. The number of nitrogens with one attached hydrogen (secondary N) is 1. The molecule has 0 unspecified atom stereocenters. The van der Waals surface area contributed by atoms with Crippen LogP contribution >= 0.6 is 0 Å². The molecular formula is C12H13F3N4O6. The molecule has 138 valence electrons. The van der Waals surface area contributed by atoms with Crippen molar-refractivity contribution in [3.8, 4) is 11.5 Å². The van der Waals surface area contributed by atoms with Crippen LogP contribution in [0.25, 0.3) is 11.5 Å². The van der Waals surface area contributed by atoms with E-state index in [1.54, 1.807) is 4.98 Å². The lowest BCUT2D eigenvalue weighted by Gasteiger charge is -2.24. The van der Waals surface area contributed by atoms with Gasteiger partial charge in [-0.2, -0.15) is 18.2 Å². The first kappa shape index (κ1) is 19.0. The molecule has 13 heteroatoms. The molecule has 0 fully saturated rings. The van der Waals surface area contributed by atoms with Crippen LogP contribution in [0.1, 0.15) is 5.69 Å². The summed E-state index contributed by atoms with van der Waals surface area (Å²) in [5.74, 6) is -0.550. The Labute approximate surface area is 136 Å². The number of aromatic nitrogens is 4. The second-order valence-corrected chi connectivity index (χ2v) is 5.13. The van der Waals surface area contributed by atoms with Crippen LogP contribution in [-0.4, -0.2) is 64.9 Å². The number of alkyl halides is 3. The van der Waals surface area contributed by atoms with Crippen molar-refractivity contribution in [3.63, 3.8) is 0 Å². The van der Waals surface area contributed by atoms with Gasteiger partial charge < -0.3 is 25.0 Å². The smallest absolute Gasteiger partial charge is 0.394 e. The topological polar surface area (TPSA) is 162 Å². The molecule has 0 bridgehead atoms. The Balaban J connectivity index is 2.57. The Morgan fingerprint density at radius 2 is 1.80 bits per heavy atom. The summed E-state index contributed by atoms with van der Waals surface area (Å²) in [6, 6.07) is 0. The van der Waals surface area contributed by atoms with Gasteiger partial charge in [0.15, 0.2) is 17.2 Å². The van der Waals surface area contributed by atoms with Crippen LogP contribution in [0, 0.1) is 0 Å². The first-order valence-corrected chi connectivity index (χ1v) is 6.78. The van der Waals surface area contributed by atoms with Crippen molar-refractivity contribution in [1.29, 1.82) is 0 Å². The molecule has 2 heterocycles.